The molecule has 0 saturated heterocycles. The summed E-state index contributed by atoms with van der Waals surface area (Å²) >= 11 is 0. The molecular formula is C15H25N3. The Hall–Kier alpha value is -1.09. The molecule has 1 aromatic heterocycles. The Morgan fingerprint density at radius 3 is 2.56 bits per heavy atom. The van der Waals surface area contributed by atoms with Crippen LogP contribution in [0.15, 0.2) is 18.3 Å². The van der Waals surface area contributed by atoms with Crippen molar-refractivity contribution in [1.82, 2.24) is 4.98 Å². The maximum atomic E-state index is 5.94. The van der Waals surface area contributed by atoms with Gasteiger partial charge in [-0.1, -0.05) is 25.7 Å². The van der Waals surface area contributed by atoms with Crippen molar-refractivity contribution in [2.75, 3.05) is 11.9 Å². The molecular weight excluding hydrogens is 222 g/mol. The molecule has 1 atom stereocenters. The van der Waals surface area contributed by atoms with E-state index in [0.29, 0.717) is 6.04 Å². The Morgan fingerprint density at radius 1 is 1.28 bits per heavy atom. The second-order valence-electron chi connectivity index (χ2n) is 5.49. The molecule has 2 rings (SSSR count). The van der Waals surface area contributed by atoms with Crippen LogP contribution in [-0.2, 0) is 0 Å². The molecule has 100 valence electrons. The molecule has 1 aromatic rings. The smallest absolute Gasteiger partial charge is 0.128 e. The van der Waals surface area contributed by atoms with Crippen molar-refractivity contribution in [3.63, 3.8) is 0 Å². The van der Waals surface area contributed by atoms with E-state index < -0.39 is 0 Å². The lowest BCUT2D eigenvalue weighted by atomic mass is 10.1. The van der Waals surface area contributed by atoms with Crippen LogP contribution in [0, 0.1) is 0 Å². The van der Waals surface area contributed by atoms with Gasteiger partial charge in [0.2, 0.25) is 0 Å². The lowest BCUT2D eigenvalue weighted by molar-refractivity contribution is 0.549. The number of nitrogens with zero attached hydrogens (tertiary/aromatic N) is 2. The zero-order valence-corrected chi connectivity index (χ0v) is 11.6. The van der Waals surface area contributed by atoms with Crippen LogP contribution in [0.25, 0.3) is 0 Å². The van der Waals surface area contributed by atoms with Crippen molar-refractivity contribution < 1.29 is 0 Å². The molecule has 18 heavy (non-hydrogen) atoms. The average molecular weight is 247 g/mol. The van der Waals surface area contributed by atoms with Crippen LogP contribution in [0.2, 0.25) is 0 Å². The average Bonchev–Trinajstić information content (AvgIpc) is 2.67. The highest BCUT2D eigenvalue weighted by atomic mass is 15.2. The van der Waals surface area contributed by atoms with Gasteiger partial charge in [0, 0.05) is 25.3 Å². The molecule has 2 N–H and O–H groups in total. The van der Waals surface area contributed by atoms with Gasteiger partial charge in [0.05, 0.1) is 0 Å². The highest BCUT2D eigenvalue weighted by Gasteiger charge is 2.18. The van der Waals surface area contributed by atoms with E-state index in [1.165, 1.54) is 44.1 Å². The third kappa shape index (κ3) is 3.22. The number of pyridine rings is 1. The summed E-state index contributed by atoms with van der Waals surface area (Å²) in [6, 6.07) is 4.86. The number of hydrogen-bond donors (Lipinski definition) is 1. The summed E-state index contributed by atoms with van der Waals surface area (Å²) in [5.41, 5.74) is 7.11. The molecule has 0 radical (unpaired) electrons. The minimum Gasteiger partial charge on any atom is -0.357 e. The molecule has 0 bridgehead atoms. The summed E-state index contributed by atoms with van der Waals surface area (Å²) in [6.45, 7) is 2.02. The standard InChI is InChI=1S/C15H25N3/c1-12(16)13-9-10-17-15(11-13)18(2)14-7-5-3-4-6-8-14/h9-12,14H,3-8,16H2,1-2H3/t12-/m0/s1. The summed E-state index contributed by atoms with van der Waals surface area (Å²) in [7, 11) is 2.17. The van der Waals surface area contributed by atoms with Crippen molar-refractivity contribution in [3.05, 3.63) is 23.9 Å². The molecule has 0 spiro atoms. The number of nitrogens with two attached hydrogens (primary N) is 1. The van der Waals surface area contributed by atoms with Crippen LogP contribution in [0.1, 0.15) is 57.1 Å². The third-order valence-corrected chi connectivity index (χ3v) is 4.03. The van der Waals surface area contributed by atoms with E-state index in [9.17, 15) is 0 Å². The second kappa shape index (κ2) is 6.19. The molecule has 1 saturated carbocycles. The van der Waals surface area contributed by atoms with Crippen LogP contribution in [0.5, 0.6) is 0 Å². The van der Waals surface area contributed by atoms with Gasteiger partial charge in [0.25, 0.3) is 0 Å². The van der Waals surface area contributed by atoms with Crippen molar-refractivity contribution in [3.8, 4) is 0 Å². The molecule has 0 aromatic carbocycles. The zero-order valence-electron chi connectivity index (χ0n) is 11.6. The summed E-state index contributed by atoms with van der Waals surface area (Å²) in [5, 5.41) is 0. The van der Waals surface area contributed by atoms with Crippen LogP contribution in [0.4, 0.5) is 5.82 Å². The fourth-order valence-electron chi connectivity index (χ4n) is 2.74. The predicted octanol–water partition coefficient (Wildman–Crippen LogP) is 3.26. The molecule has 0 unspecified atom stereocenters. The molecule has 0 amide bonds. The summed E-state index contributed by atoms with van der Waals surface area (Å²) in [5.74, 6) is 1.07. The highest BCUT2D eigenvalue weighted by Crippen LogP contribution is 2.25. The zero-order chi connectivity index (χ0) is 13.0. The van der Waals surface area contributed by atoms with Gasteiger partial charge in [-0.15, -0.1) is 0 Å². The van der Waals surface area contributed by atoms with E-state index >= 15 is 0 Å². The van der Waals surface area contributed by atoms with Gasteiger partial charge in [-0.2, -0.15) is 0 Å². The van der Waals surface area contributed by atoms with Gasteiger partial charge >= 0.3 is 0 Å². The lowest BCUT2D eigenvalue weighted by Gasteiger charge is -2.28. The van der Waals surface area contributed by atoms with Crippen LogP contribution in [-0.4, -0.2) is 18.1 Å². The summed E-state index contributed by atoms with van der Waals surface area (Å²) < 4.78 is 0. The first-order valence-corrected chi connectivity index (χ1v) is 7.13. The summed E-state index contributed by atoms with van der Waals surface area (Å²) in [4.78, 5) is 6.84. The fourth-order valence-corrected chi connectivity index (χ4v) is 2.74. The second-order valence-corrected chi connectivity index (χ2v) is 5.49. The fraction of sp³-hybridized carbons (Fsp3) is 0.667. The Balaban J connectivity index is 2.11. The van der Waals surface area contributed by atoms with E-state index in [4.69, 9.17) is 5.73 Å². The van der Waals surface area contributed by atoms with E-state index in [0.717, 1.165) is 5.82 Å². The number of rotatable bonds is 3. The van der Waals surface area contributed by atoms with Gasteiger partial charge in [0.1, 0.15) is 5.82 Å². The first-order chi connectivity index (χ1) is 8.68. The van der Waals surface area contributed by atoms with Gasteiger partial charge in [-0.3, -0.25) is 0 Å². The Morgan fingerprint density at radius 2 is 1.94 bits per heavy atom. The quantitative estimate of drug-likeness (QED) is 0.834. The van der Waals surface area contributed by atoms with Gasteiger partial charge in [0.15, 0.2) is 0 Å². The van der Waals surface area contributed by atoms with Crippen molar-refractivity contribution in [1.29, 1.82) is 0 Å². The first-order valence-electron chi connectivity index (χ1n) is 7.13. The molecule has 0 aliphatic heterocycles. The van der Waals surface area contributed by atoms with Crippen molar-refractivity contribution >= 4 is 5.82 Å². The molecule has 3 nitrogen and oxygen atoms in total. The lowest BCUT2D eigenvalue weighted by Crippen LogP contribution is -2.31. The maximum Gasteiger partial charge on any atom is 0.128 e. The monoisotopic (exact) mass is 247 g/mol. The SMILES string of the molecule is C[C@H](N)c1ccnc(N(C)C2CCCCCC2)c1. The number of hydrogen-bond acceptors (Lipinski definition) is 3. The highest BCUT2D eigenvalue weighted by molar-refractivity contribution is 5.42. The Labute approximate surface area is 110 Å². The first kappa shape index (κ1) is 13.3. The molecule has 3 heteroatoms. The Bertz CT molecular complexity index is 368. The molecule has 1 fully saturated rings. The normalized spacial score (nSPS) is 19.3. The summed E-state index contributed by atoms with van der Waals surface area (Å²) in [6.07, 6.45) is 9.93. The van der Waals surface area contributed by atoms with E-state index in [1.807, 2.05) is 19.2 Å². The Kier molecular flexibility index (Phi) is 4.59. The number of anilines is 1. The van der Waals surface area contributed by atoms with Crippen LogP contribution in [0.3, 0.4) is 0 Å². The van der Waals surface area contributed by atoms with Gasteiger partial charge in [-0.05, 0) is 37.5 Å². The largest absolute Gasteiger partial charge is 0.357 e. The van der Waals surface area contributed by atoms with Crippen LogP contribution < -0.4 is 10.6 Å². The van der Waals surface area contributed by atoms with Crippen molar-refractivity contribution in [2.45, 2.75) is 57.5 Å². The third-order valence-electron chi connectivity index (χ3n) is 4.03. The maximum absolute atomic E-state index is 5.94. The van der Waals surface area contributed by atoms with Gasteiger partial charge in [-0.25, -0.2) is 4.98 Å². The molecule has 1 aliphatic rings. The minimum absolute atomic E-state index is 0.0780. The minimum atomic E-state index is 0.0780. The molecule has 1 aliphatic carbocycles. The molecule has 1 heterocycles. The topological polar surface area (TPSA) is 42.1 Å². The predicted molar refractivity (Wildman–Crippen MR) is 76.7 cm³/mol. The van der Waals surface area contributed by atoms with E-state index in [1.54, 1.807) is 0 Å². The van der Waals surface area contributed by atoms with E-state index in [2.05, 4.69) is 23.0 Å². The number of aromatic nitrogens is 1. The van der Waals surface area contributed by atoms with Gasteiger partial charge < -0.3 is 10.6 Å². The van der Waals surface area contributed by atoms with E-state index in [-0.39, 0.29) is 6.04 Å². The van der Waals surface area contributed by atoms with Crippen LogP contribution >= 0.6 is 0 Å². The van der Waals surface area contributed by atoms with Crippen molar-refractivity contribution in [2.24, 2.45) is 5.73 Å².